The van der Waals surface area contributed by atoms with Crippen molar-refractivity contribution in [2.45, 2.75) is 12.5 Å². The number of ether oxygens (including phenoxy) is 3. The van der Waals surface area contributed by atoms with Crippen molar-refractivity contribution in [3.8, 4) is 23.0 Å². The van der Waals surface area contributed by atoms with Crippen LogP contribution in [-0.4, -0.2) is 42.1 Å². The van der Waals surface area contributed by atoms with Gasteiger partial charge in [-0.15, -0.1) is 0 Å². The standard InChI is InChI=1S/C20H22O7/c1-25-18-7-5-14(12-19(18)26-2)15(21)9-10-27-20(24)8-4-13-3-6-16(22)17(23)11-13/h3-8,11-12,15,21-23H,9-10H2,1-2H3/b8-4+/t15-/m0/s1. The lowest BCUT2D eigenvalue weighted by atomic mass is 10.1. The molecule has 0 aliphatic rings. The van der Waals surface area contributed by atoms with E-state index in [1.54, 1.807) is 24.3 Å². The van der Waals surface area contributed by atoms with E-state index in [0.717, 1.165) is 0 Å². The molecule has 0 saturated carbocycles. The molecule has 0 unspecified atom stereocenters. The van der Waals surface area contributed by atoms with Crippen LogP contribution >= 0.6 is 0 Å². The Hall–Kier alpha value is -3.19. The lowest BCUT2D eigenvalue weighted by Crippen LogP contribution is -2.07. The number of phenolic OH excluding ortho intramolecular Hbond substituents is 2. The average molecular weight is 374 g/mol. The second kappa shape index (κ2) is 9.49. The summed E-state index contributed by atoms with van der Waals surface area (Å²) in [4.78, 5) is 11.7. The maximum Gasteiger partial charge on any atom is 0.330 e. The zero-order chi connectivity index (χ0) is 19.8. The van der Waals surface area contributed by atoms with Crippen LogP contribution in [-0.2, 0) is 9.53 Å². The number of hydrogen-bond donors (Lipinski definition) is 3. The van der Waals surface area contributed by atoms with E-state index in [1.807, 2.05) is 0 Å². The number of hydrogen-bond acceptors (Lipinski definition) is 7. The molecule has 0 radical (unpaired) electrons. The van der Waals surface area contributed by atoms with Gasteiger partial charge >= 0.3 is 5.97 Å². The fraction of sp³-hybridized carbons (Fsp3) is 0.250. The van der Waals surface area contributed by atoms with Gasteiger partial charge in [0.1, 0.15) is 0 Å². The zero-order valence-corrected chi connectivity index (χ0v) is 15.1. The van der Waals surface area contributed by atoms with E-state index in [4.69, 9.17) is 14.2 Å². The molecule has 2 aromatic carbocycles. The van der Waals surface area contributed by atoms with Crippen LogP contribution < -0.4 is 9.47 Å². The lowest BCUT2D eigenvalue weighted by molar-refractivity contribution is -0.138. The molecule has 144 valence electrons. The Labute approximate surface area is 157 Å². The summed E-state index contributed by atoms with van der Waals surface area (Å²) < 4.78 is 15.4. The van der Waals surface area contributed by atoms with Crippen LogP contribution in [0.2, 0.25) is 0 Å². The Morgan fingerprint density at radius 1 is 1.04 bits per heavy atom. The van der Waals surface area contributed by atoms with Crippen molar-refractivity contribution in [1.29, 1.82) is 0 Å². The molecule has 0 aliphatic heterocycles. The number of carbonyl (C=O) groups is 1. The largest absolute Gasteiger partial charge is 0.504 e. The van der Waals surface area contributed by atoms with Gasteiger partial charge in [-0.05, 0) is 41.5 Å². The number of rotatable bonds is 8. The SMILES string of the molecule is COc1ccc([C@@H](O)CCOC(=O)/C=C/c2ccc(O)c(O)c2)cc1OC. The highest BCUT2D eigenvalue weighted by molar-refractivity contribution is 5.87. The smallest absolute Gasteiger partial charge is 0.330 e. The molecular formula is C20H22O7. The average Bonchev–Trinajstić information content (AvgIpc) is 2.68. The first-order valence-corrected chi connectivity index (χ1v) is 8.21. The van der Waals surface area contributed by atoms with Gasteiger partial charge in [-0.1, -0.05) is 12.1 Å². The Bertz CT molecular complexity index is 814. The fourth-order valence-electron chi connectivity index (χ4n) is 2.35. The van der Waals surface area contributed by atoms with Crippen molar-refractivity contribution >= 4 is 12.0 Å². The maximum atomic E-state index is 11.7. The fourth-order valence-corrected chi connectivity index (χ4v) is 2.35. The third-order valence-corrected chi connectivity index (χ3v) is 3.84. The van der Waals surface area contributed by atoms with Gasteiger partial charge < -0.3 is 29.5 Å². The molecule has 0 aromatic heterocycles. The summed E-state index contributed by atoms with van der Waals surface area (Å²) in [7, 11) is 3.04. The molecule has 2 aromatic rings. The Kier molecular flexibility index (Phi) is 7.08. The van der Waals surface area contributed by atoms with E-state index < -0.39 is 12.1 Å². The number of benzene rings is 2. The van der Waals surface area contributed by atoms with Crippen LogP contribution in [0.15, 0.2) is 42.5 Å². The summed E-state index contributed by atoms with van der Waals surface area (Å²) in [6, 6.07) is 9.26. The molecule has 0 amide bonds. The number of aliphatic hydroxyl groups excluding tert-OH is 1. The van der Waals surface area contributed by atoms with Gasteiger partial charge in [0.2, 0.25) is 0 Å². The van der Waals surface area contributed by atoms with Crippen LogP contribution in [0.1, 0.15) is 23.7 Å². The maximum absolute atomic E-state index is 11.7. The summed E-state index contributed by atoms with van der Waals surface area (Å²) in [5, 5.41) is 28.9. The number of carbonyl (C=O) groups excluding carboxylic acids is 1. The van der Waals surface area contributed by atoms with Gasteiger partial charge in [0.15, 0.2) is 23.0 Å². The minimum Gasteiger partial charge on any atom is -0.504 e. The van der Waals surface area contributed by atoms with E-state index in [1.165, 1.54) is 38.5 Å². The topological polar surface area (TPSA) is 105 Å². The molecule has 27 heavy (non-hydrogen) atoms. The third-order valence-electron chi connectivity index (χ3n) is 3.84. The highest BCUT2D eigenvalue weighted by Gasteiger charge is 2.12. The first kappa shape index (κ1) is 20.1. The molecule has 0 spiro atoms. The summed E-state index contributed by atoms with van der Waals surface area (Å²) in [5.74, 6) is -0.0269. The second-order valence-corrected chi connectivity index (χ2v) is 5.67. The summed E-state index contributed by atoms with van der Waals surface area (Å²) >= 11 is 0. The molecule has 3 N–H and O–H groups in total. The van der Waals surface area contributed by atoms with Crippen LogP contribution in [0.5, 0.6) is 23.0 Å². The third kappa shape index (κ3) is 5.65. The highest BCUT2D eigenvalue weighted by atomic mass is 16.5. The lowest BCUT2D eigenvalue weighted by Gasteiger charge is -2.14. The predicted octanol–water partition coefficient (Wildman–Crippen LogP) is 2.80. The van der Waals surface area contributed by atoms with Crippen LogP contribution in [0, 0.1) is 0 Å². The van der Waals surface area contributed by atoms with E-state index in [2.05, 4.69) is 0 Å². The van der Waals surface area contributed by atoms with Gasteiger partial charge in [-0.2, -0.15) is 0 Å². The summed E-state index contributed by atoms with van der Waals surface area (Å²) in [5.41, 5.74) is 1.16. The normalized spacial score (nSPS) is 12.0. The van der Waals surface area contributed by atoms with Crippen molar-refractivity contribution in [2.24, 2.45) is 0 Å². The minimum absolute atomic E-state index is 0.0273. The number of methoxy groups -OCH3 is 2. The van der Waals surface area contributed by atoms with Crippen molar-refractivity contribution < 1.29 is 34.3 Å². The number of esters is 1. The monoisotopic (exact) mass is 374 g/mol. The van der Waals surface area contributed by atoms with Crippen molar-refractivity contribution in [3.63, 3.8) is 0 Å². The second-order valence-electron chi connectivity index (χ2n) is 5.67. The van der Waals surface area contributed by atoms with Gasteiger partial charge in [0, 0.05) is 12.5 Å². The minimum atomic E-state index is -0.823. The van der Waals surface area contributed by atoms with Crippen LogP contribution in [0.3, 0.4) is 0 Å². The predicted molar refractivity (Wildman–Crippen MR) is 98.9 cm³/mol. The molecule has 7 heteroatoms. The molecule has 0 aliphatic carbocycles. The first-order valence-electron chi connectivity index (χ1n) is 8.21. The highest BCUT2D eigenvalue weighted by Crippen LogP contribution is 2.30. The number of aliphatic hydroxyl groups is 1. The quantitative estimate of drug-likeness (QED) is 0.371. The van der Waals surface area contributed by atoms with Gasteiger partial charge in [-0.25, -0.2) is 4.79 Å². The van der Waals surface area contributed by atoms with Gasteiger partial charge in [0.25, 0.3) is 0 Å². The molecule has 0 saturated heterocycles. The number of phenols is 2. The molecule has 1 atom stereocenters. The Morgan fingerprint density at radius 3 is 2.44 bits per heavy atom. The van der Waals surface area contributed by atoms with Crippen molar-refractivity contribution in [3.05, 3.63) is 53.6 Å². The van der Waals surface area contributed by atoms with Crippen molar-refractivity contribution in [1.82, 2.24) is 0 Å². The molecule has 0 heterocycles. The van der Waals surface area contributed by atoms with E-state index in [-0.39, 0.29) is 24.5 Å². The first-order chi connectivity index (χ1) is 12.9. The van der Waals surface area contributed by atoms with Crippen molar-refractivity contribution in [2.75, 3.05) is 20.8 Å². The molecule has 7 nitrogen and oxygen atoms in total. The van der Waals surface area contributed by atoms with Gasteiger partial charge in [-0.3, -0.25) is 0 Å². The molecule has 0 fully saturated rings. The molecule has 0 bridgehead atoms. The van der Waals surface area contributed by atoms with Gasteiger partial charge in [0.05, 0.1) is 26.9 Å². The van der Waals surface area contributed by atoms with E-state index >= 15 is 0 Å². The zero-order valence-electron chi connectivity index (χ0n) is 15.1. The van der Waals surface area contributed by atoms with E-state index in [9.17, 15) is 20.1 Å². The number of aromatic hydroxyl groups is 2. The van der Waals surface area contributed by atoms with E-state index in [0.29, 0.717) is 22.6 Å². The Balaban J connectivity index is 1.85. The van der Waals surface area contributed by atoms with Crippen LogP contribution in [0.25, 0.3) is 6.08 Å². The van der Waals surface area contributed by atoms with Crippen LogP contribution in [0.4, 0.5) is 0 Å². The summed E-state index contributed by atoms with van der Waals surface area (Å²) in [6.45, 7) is 0.0273. The summed E-state index contributed by atoms with van der Waals surface area (Å²) in [6.07, 6.45) is 2.05. The molecular weight excluding hydrogens is 352 g/mol. The molecule has 2 rings (SSSR count). The Morgan fingerprint density at radius 2 is 1.78 bits per heavy atom.